The predicted molar refractivity (Wildman–Crippen MR) is 106 cm³/mol. The minimum absolute atomic E-state index is 0.00686. The summed E-state index contributed by atoms with van der Waals surface area (Å²) in [7, 11) is -1.24. The van der Waals surface area contributed by atoms with Crippen LogP contribution in [0.4, 0.5) is 0 Å². The Morgan fingerprint density at radius 1 is 1.14 bits per heavy atom. The fraction of sp³-hybridized carbons (Fsp3) is 0.579. The molecule has 0 saturated heterocycles. The van der Waals surface area contributed by atoms with Gasteiger partial charge < -0.3 is 14.8 Å². The lowest BCUT2D eigenvalue weighted by Gasteiger charge is -2.15. The van der Waals surface area contributed by atoms with Gasteiger partial charge in [-0.25, -0.2) is 17.9 Å². The van der Waals surface area contributed by atoms with Gasteiger partial charge in [0.1, 0.15) is 10.6 Å². The van der Waals surface area contributed by atoms with Gasteiger partial charge in [-0.15, -0.1) is 0 Å². The van der Waals surface area contributed by atoms with Crippen LogP contribution in [-0.4, -0.2) is 47.1 Å². The van der Waals surface area contributed by atoms with Crippen LogP contribution in [0.5, 0.6) is 5.75 Å². The van der Waals surface area contributed by atoms with Gasteiger partial charge in [-0.3, -0.25) is 4.79 Å². The molecule has 1 aromatic rings. The molecule has 0 aliphatic rings. The van der Waals surface area contributed by atoms with Crippen LogP contribution < -0.4 is 14.8 Å². The van der Waals surface area contributed by atoms with Crippen molar-refractivity contribution in [3.8, 4) is 5.75 Å². The number of ether oxygens (including phenoxy) is 2. The summed E-state index contributed by atoms with van der Waals surface area (Å²) in [6.07, 6.45) is 2.94. The molecule has 158 valence electrons. The van der Waals surface area contributed by atoms with Gasteiger partial charge in [0.2, 0.25) is 10.0 Å². The summed E-state index contributed by atoms with van der Waals surface area (Å²) in [6.45, 7) is 5.76. The molecular formula is C19H30N2O6S. The molecule has 1 unspecified atom stereocenters. The number of sulfonamides is 1. The highest BCUT2D eigenvalue weighted by Gasteiger charge is 2.21. The molecule has 0 saturated carbocycles. The Hall–Kier alpha value is -2.13. The zero-order chi connectivity index (χ0) is 21.3. The molecule has 0 aliphatic carbocycles. The fourth-order valence-electron chi connectivity index (χ4n) is 2.56. The van der Waals surface area contributed by atoms with Crippen LogP contribution in [0.2, 0.25) is 0 Å². The van der Waals surface area contributed by atoms with Crippen LogP contribution in [-0.2, 0) is 19.6 Å². The molecule has 0 spiro atoms. The highest BCUT2D eigenvalue weighted by molar-refractivity contribution is 7.89. The van der Waals surface area contributed by atoms with Gasteiger partial charge in [0.25, 0.3) is 5.91 Å². The van der Waals surface area contributed by atoms with E-state index < -0.39 is 28.5 Å². The second-order valence-corrected chi connectivity index (χ2v) is 8.80. The number of amides is 1. The summed E-state index contributed by atoms with van der Waals surface area (Å²) in [4.78, 5) is 24.0. The van der Waals surface area contributed by atoms with E-state index in [-0.39, 0.29) is 22.3 Å². The first-order chi connectivity index (χ1) is 13.1. The van der Waals surface area contributed by atoms with E-state index in [0.717, 1.165) is 25.3 Å². The fourth-order valence-corrected chi connectivity index (χ4v) is 3.48. The molecule has 1 aromatic carbocycles. The largest absolute Gasteiger partial charge is 0.495 e. The molecule has 0 bridgehead atoms. The second-order valence-electron chi connectivity index (χ2n) is 6.94. The molecule has 9 heteroatoms. The van der Waals surface area contributed by atoms with Crippen molar-refractivity contribution < 1.29 is 27.5 Å². The van der Waals surface area contributed by atoms with E-state index in [9.17, 15) is 18.0 Å². The monoisotopic (exact) mass is 414 g/mol. The van der Waals surface area contributed by atoms with Crippen molar-refractivity contribution in [1.82, 2.24) is 10.0 Å². The third-order valence-corrected chi connectivity index (χ3v) is 5.55. The van der Waals surface area contributed by atoms with Crippen LogP contribution in [0.3, 0.4) is 0 Å². The summed E-state index contributed by atoms with van der Waals surface area (Å²) >= 11 is 0. The molecule has 0 aromatic heterocycles. The molecule has 1 rings (SSSR count). The Bertz CT molecular complexity index is 777. The number of hydrogen-bond donors (Lipinski definition) is 2. The van der Waals surface area contributed by atoms with Crippen molar-refractivity contribution in [2.24, 2.45) is 5.92 Å². The van der Waals surface area contributed by atoms with Crippen molar-refractivity contribution in [3.63, 3.8) is 0 Å². The van der Waals surface area contributed by atoms with E-state index in [1.165, 1.54) is 26.3 Å². The Kier molecular flexibility index (Phi) is 9.40. The van der Waals surface area contributed by atoms with Crippen LogP contribution >= 0.6 is 0 Å². The SMILES string of the molecule is CNS(=O)(=O)c1cc(C(=O)OCC(=O)NC(C)CCCC(C)C)ccc1OC. The van der Waals surface area contributed by atoms with Gasteiger partial charge in [0.05, 0.1) is 12.7 Å². The van der Waals surface area contributed by atoms with Gasteiger partial charge in [0, 0.05) is 6.04 Å². The summed E-state index contributed by atoms with van der Waals surface area (Å²) < 4.78 is 36.3. The zero-order valence-corrected chi connectivity index (χ0v) is 17.9. The predicted octanol–water partition coefficient (Wildman–Crippen LogP) is 2.09. The van der Waals surface area contributed by atoms with Gasteiger partial charge in [-0.2, -0.15) is 0 Å². The van der Waals surface area contributed by atoms with E-state index in [1.807, 2.05) is 6.92 Å². The van der Waals surface area contributed by atoms with Crippen LogP contribution in [0, 0.1) is 5.92 Å². The number of carbonyl (C=O) groups is 2. The number of carbonyl (C=O) groups excluding carboxylic acids is 2. The van der Waals surface area contributed by atoms with E-state index in [1.54, 1.807) is 0 Å². The molecule has 1 amide bonds. The quantitative estimate of drug-likeness (QED) is 0.537. The van der Waals surface area contributed by atoms with E-state index in [2.05, 4.69) is 23.9 Å². The lowest BCUT2D eigenvalue weighted by atomic mass is 10.0. The minimum atomic E-state index is -3.82. The van der Waals surface area contributed by atoms with Crippen LogP contribution in [0.25, 0.3) is 0 Å². The van der Waals surface area contributed by atoms with Crippen molar-refractivity contribution in [2.75, 3.05) is 20.8 Å². The molecule has 0 aliphatic heterocycles. The van der Waals surface area contributed by atoms with Crippen molar-refractivity contribution >= 4 is 21.9 Å². The van der Waals surface area contributed by atoms with Crippen LogP contribution in [0.15, 0.2) is 23.1 Å². The maximum absolute atomic E-state index is 12.2. The lowest BCUT2D eigenvalue weighted by molar-refractivity contribution is -0.124. The highest BCUT2D eigenvalue weighted by atomic mass is 32.2. The molecule has 0 heterocycles. The summed E-state index contributed by atoms with van der Waals surface area (Å²) in [6, 6.07) is 3.87. The Morgan fingerprint density at radius 2 is 1.82 bits per heavy atom. The molecule has 8 nitrogen and oxygen atoms in total. The first-order valence-electron chi connectivity index (χ1n) is 9.18. The number of methoxy groups -OCH3 is 1. The first kappa shape index (κ1) is 23.9. The maximum Gasteiger partial charge on any atom is 0.338 e. The standard InChI is InChI=1S/C19H30N2O6S/c1-13(2)7-6-8-14(3)21-18(22)12-27-19(23)15-9-10-16(26-5)17(11-15)28(24,25)20-4/h9-11,13-14,20H,6-8,12H2,1-5H3,(H,21,22). The second kappa shape index (κ2) is 11.0. The van der Waals surface area contributed by atoms with E-state index in [0.29, 0.717) is 5.92 Å². The van der Waals surface area contributed by atoms with Crippen molar-refractivity contribution in [2.45, 2.75) is 51.0 Å². The number of esters is 1. The summed E-state index contributed by atoms with van der Waals surface area (Å²) in [5.41, 5.74) is 0.00686. The van der Waals surface area contributed by atoms with Crippen molar-refractivity contribution in [1.29, 1.82) is 0 Å². The lowest BCUT2D eigenvalue weighted by Crippen LogP contribution is -2.35. The normalized spacial score (nSPS) is 12.5. The molecule has 28 heavy (non-hydrogen) atoms. The molecule has 2 N–H and O–H groups in total. The van der Waals surface area contributed by atoms with E-state index >= 15 is 0 Å². The minimum Gasteiger partial charge on any atom is -0.495 e. The van der Waals surface area contributed by atoms with E-state index in [4.69, 9.17) is 9.47 Å². The van der Waals surface area contributed by atoms with Gasteiger partial charge in [-0.1, -0.05) is 26.7 Å². The Morgan fingerprint density at radius 3 is 2.39 bits per heavy atom. The summed E-state index contributed by atoms with van der Waals surface area (Å²) in [5, 5.41) is 2.78. The first-order valence-corrected chi connectivity index (χ1v) is 10.7. The number of benzene rings is 1. The van der Waals surface area contributed by atoms with Gasteiger partial charge in [0.15, 0.2) is 6.61 Å². The number of nitrogens with one attached hydrogen (secondary N) is 2. The third kappa shape index (κ3) is 7.47. The average Bonchev–Trinajstić information content (AvgIpc) is 2.65. The Balaban J connectivity index is 2.66. The van der Waals surface area contributed by atoms with Gasteiger partial charge >= 0.3 is 5.97 Å². The smallest absolute Gasteiger partial charge is 0.338 e. The topological polar surface area (TPSA) is 111 Å². The third-order valence-electron chi connectivity index (χ3n) is 4.12. The zero-order valence-electron chi connectivity index (χ0n) is 17.1. The summed E-state index contributed by atoms with van der Waals surface area (Å²) in [5.74, 6) is -0.483. The molecular weight excluding hydrogens is 384 g/mol. The number of rotatable bonds is 11. The maximum atomic E-state index is 12.2. The molecule has 0 fully saturated rings. The average molecular weight is 415 g/mol. The van der Waals surface area contributed by atoms with Crippen LogP contribution in [0.1, 0.15) is 50.4 Å². The van der Waals surface area contributed by atoms with Gasteiger partial charge in [-0.05, 0) is 44.5 Å². The Labute approximate surface area is 167 Å². The highest BCUT2D eigenvalue weighted by Crippen LogP contribution is 2.25. The van der Waals surface area contributed by atoms with Crippen molar-refractivity contribution in [3.05, 3.63) is 23.8 Å². The molecule has 1 atom stereocenters. The molecule has 0 radical (unpaired) electrons. The number of hydrogen-bond acceptors (Lipinski definition) is 6.